The molecular formula is C14H24N2O2S2. The molecule has 1 heterocycles. The van der Waals surface area contributed by atoms with Crippen molar-refractivity contribution in [2.75, 3.05) is 20.1 Å². The molecule has 0 unspecified atom stereocenters. The summed E-state index contributed by atoms with van der Waals surface area (Å²) in [5.41, 5.74) is 0. The lowest BCUT2D eigenvalue weighted by molar-refractivity contribution is 0.387. The van der Waals surface area contributed by atoms with E-state index < -0.39 is 10.0 Å². The maximum absolute atomic E-state index is 12.5. The van der Waals surface area contributed by atoms with E-state index in [1.807, 2.05) is 6.92 Å². The van der Waals surface area contributed by atoms with Crippen LogP contribution in [0.15, 0.2) is 16.3 Å². The van der Waals surface area contributed by atoms with Gasteiger partial charge in [0.05, 0.1) is 4.90 Å². The van der Waals surface area contributed by atoms with Gasteiger partial charge in [0, 0.05) is 30.4 Å². The number of nitrogens with one attached hydrogen (secondary N) is 1. The number of hydrogen-bond acceptors (Lipinski definition) is 4. The quantitative estimate of drug-likeness (QED) is 0.841. The van der Waals surface area contributed by atoms with Crippen LogP contribution in [0.25, 0.3) is 0 Å². The molecule has 1 aliphatic rings. The molecule has 20 heavy (non-hydrogen) atoms. The SMILES string of the molecule is CCNCc1cc(S(=O)(=O)N(C)CC2CCCC2)cs1. The van der Waals surface area contributed by atoms with Gasteiger partial charge in [-0.25, -0.2) is 12.7 Å². The molecule has 6 heteroatoms. The van der Waals surface area contributed by atoms with Gasteiger partial charge >= 0.3 is 0 Å². The molecule has 1 saturated carbocycles. The highest BCUT2D eigenvalue weighted by molar-refractivity contribution is 7.89. The van der Waals surface area contributed by atoms with E-state index in [0.717, 1.165) is 30.8 Å². The lowest BCUT2D eigenvalue weighted by Crippen LogP contribution is -2.31. The van der Waals surface area contributed by atoms with Gasteiger partial charge in [-0.2, -0.15) is 0 Å². The maximum Gasteiger partial charge on any atom is 0.243 e. The molecule has 0 aromatic carbocycles. The first-order valence-electron chi connectivity index (χ1n) is 7.28. The molecule has 1 aromatic rings. The van der Waals surface area contributed by atoms with Crippen LogP contribution in [-0.2, 0) is 16.6 Å². The average Bonchev–Trinajstić information content (AvgIpc) is 3.07. The van der Waals surface area contributed by atoms with Gasteiger partial charge in [0.15, 0.2) is 0 Å². The molecule has 2 rings (SSSR count). The normalized spacial score (nSPS) is 17.1. The van der Waals surface area contributed by atoms with Crippen molar-refractivity contribution >= 4 is 21.4 Å². The molecule has 114 valence electrons. The van der Waals surface area contributed by atoms with Crippen molar-refractivity contribution in [3.63, 3.8) is 0 Å². The molecule has 0 amide bonds. The predicted molar refractivity (Wildman–Crippen MR) is 83.5 cm³/mol. The largest absolute Gasteiger partial charge is 0.312 e. The lowest BCUT2D eigenvalue weighted by Gasteiger charge is -2.20. The smallest absolute Gasteiger partial charge is 0.243 e. The van der Waals surface area contributed by atoms with Gasteiger partial charge in [0.25, 0.3) is 0 Å². The standard InChI is InChI=1S/C14H24N2O2S2/c1-3-15-9-13-8-14(11-19-13)20(17,18)16(2)10-12-6-4-5-7-12/h8,11-12,15H,3-7,9-10H2,1-2H3. The van der Waals surface area contributed by atoms with Crippen LogP contribution in [0.1, 0.15) is 37.5 Å². The first kappa shape index (κ1) is 15.9. The second-order valence-electron chi connectivity index (χ2n) is 5.47. The summed E-state index contributed by atoms with van der Waals surface area (Å²) in [6, 6.07) is 1.80. The Bertz CT molecular complexity index is 519. The fourth-order valence-corrected chi connectivity index (χ4v) is 5.15. The molecule has 0 aliphatic heterocycles. The van der Waals surface area contributed by atoms with Gasteiger partial charge in [0.1, 0.15) is 0 Å². The first-order chi connectivity index (χ1) is 9.54. The molecule has 1 aliphatic carbocycles. The third kappa shape index (κ3) is 3.81. The maximum atomic E-state index is 12.5. The van der Waals surface area contributed by atoms with Crippen molar-refractivity contribution < 1.29 is 8.42 Å². The Kier molecular flexibility index (Phi) is 5.60. The Morgan fingerprint density at radius 3 is 2.75 bits per heavy atom. The van der Waals surface area contributed by atoms with Crippen LogP contribution in [0.4, 0.5) is 0 Å². The fraction of sp³-hybridized carbons (Fsp3) is 0.714. The van der Waals surface area contributed by atoms with Crippen LogP contribution in [0.2, 0.25) is 0 Å². The summed E-state index contributed by atoms with van der Waals surface area (Å²) < 4.78 is 26.6. The second kappa shape index (κ2) is 7.02. The van der Waals surface area contributed by atoms with E-state index >= 15 is 0 Å². The third-order valence-electron chi connectivity index (χ3n) is 3.88. The van der Waals surface area contributed by atoms with Gasteiger partial charge < -0.3 is 5.32 Å². The zero-order valence-corrected chi connectivity index (χ0v) is 13.9. The summed E-state index contributed by atoms with van der Waals surface area (Å²) in [7, 11) is -1.61. The molecule has 0 radical (unpaired) electrons. The average molecular weight is 316 g/mol. The van der Waals surface area contributed by atoms with Gasteiger partial charge in [0.2, 0.25) is 10.0 Å². The topological polar surface area (TPSA) is 49.4 Å². The zero-order chi connectivity index (χ0) is 14.6. The number of sulfonamides is 1. The minimum absolute atomic E-state index is 0.441. The van der Waals surface area contributed by atoms with Gasteiger partial charge in [-0.1, -0.05) is 19.8 Å². The molecule has 0 atom stereocenters. The Labute approximate surface area is 126 Å². The van der Waals surface area contributed by atoms with Crippen molar-refractivity contribution in [2.24, 2.45) is 5.92 Å². The van der Waals surface area contributed by atoms with E-state index in [1.54, 1.807) is 18.5 Å². The Hall–Kier alpha value is -0.430. The molecular weight excluding hydrogens is 292 g/mol. The van der Waals surface area contributed by atoms with Crippen LogP contribution < -0.4 is 5.32 Å². The highest BCUT2D eigenvalue weighted by Gasteiger charge is 2.26. The van der Waals surface area contributed by atoms with Crippen molar-refractivity contribution in [3.8, 4) is 0 Å². The summed E-state index contributed by atoms with van der Waals surface area (Å²) in [6.45, 7) is 4.33. The number of nitrogens with zero attached hydrogens (tertiary/aromatic N) is 1. The van der Waals surface area contributed by atoms with Crippen molar-refractivity contribution in [2.45, 2.75) is 44.0 Å². The number of thiophene rings is 1. The molecule has 0 bridgehead atoms. The van der Waals surface area contributed by atoms with Gasteiger partial charge in [-0.15, -0.1) is 11.3 Å². The highest BCUT2D eigenvalue weighted by Crippen LogP contribution is 2.28. The Morgan fingerprint density at radius 1 is 1.40 bits per heavy atom. The van der Waals surface area contributed by atoms with Crippen LogP contribution in [0.5, 0.6) is 0 Å². The summed E-state index contributed by atoms with van der Waals surface area (Å²) in [5.74, 6) is 0.537. The van der Waals surface area contributed by atoms with Crippen molar-refractivity contribution in [1.82, 2.24) is 9.62 Å². The van der Waals surface area contributed by atoms with E-state index in [1.165, 1.54) is 28.5 Å². The van der Waals surface area contributed by atoms with E-state index in [4.69, 9.17) is 0 Å². The predicted octanol–water partition coefficient (Wildman–Crippen LogP) is 2.67. The number of rotatable bonds is 7. The van der Waals surface area contributed by atoms with Crippen LogP contribution in [0.3, 0.4) is 0 Å². The zero-order valence-electron chi connectivity index (χ0n) is 12.3. The highest BCUT2D eigenvalue weighted by atomic mass is 32.2. The molecule has 1 N–H and O–H groups in total. The molecule has 1 aromatic heterocycles. The summed E-state index contributed by atoms with van der Waals surface area (Å²) >= 11 is 1.51. The van der Waals surface area contributed by atoms with E-state index in [0.29, 0.717) is 17.4 Å². The minimum atomic E-state index is -3.31. The molecule has 0 spiro atoms. The summed E-state index contributed by atoms with van der Waals surface area (Å²) in [6.07, 6.45) is 4.80. The summed E-state index contributed by atoms with van der Waals surface area (Å²) in [4.78, 5) is 1.51. The first-order valence-corrected chi connectivity index (χ1v) is 9.60. The molecule has 0 saturated heterocycles. The Morgan fingerprint density at radius 2 is 2.10 bits per heavy atom. The van der Waals surface area contributed by atoms with Crippen LogP contribution in [-0.4, -0.2) is 32.9 Å². The minimum Gasteiger partial charge on any atom is -0.312 e. The fourth-order valence-electron chi connectivity index (χ4n) is 2.67. The lowest BCUT2D eigenvalue weighted by atomic mass is 10.1. The van der Waals surface area contributed by atoms with Crippen molar-refractivity contribution in [1.29, 1.82) is 0 Å². The molecule has 1 fully saturated rings. The Balaban J connectivity index is 2.02. The monoisotopic (exact) mass is 316 g/mol. The van der Waals surface area contributed by atoms with E-state index in [2.05, 4.69) is 5.32 Å². The summed E-state index contributed by atoms with van der Waals surface area (Å²) in [5, 5.41) is 4.98. The van der Waals surface area contributed by atoms with Gasteiger partial charge in [-0.3, -0.25) is 0 Å². The van der Waals surface area contributed by atoms with E-state index in [9.17, 15) is 8.42 Å². The second-order valence-corrected chi connectivity index (χ2v) is 8.51. The molecule has 4 nitrogen and oxygen atoms in total. The van der Waals surface area contributed by atoms with Gasteiger partial charge in [-0.05, 0) is 31.4 Å². The van der Waals surface area contributed by atoms with Crippen LogP contribution >= 0.6 is 11.3 Å². The third-order valence-corrected chi connectivity index (χ3v) is 6.76. The number of hydrogen-bond donors (Lipinski definition) is 1. The van der Waals surface area contributed by atoms with Crippen LogP contribution in [0, 0.1) is 5.92 Å². The van der Waals surface area contributed by atoms with Crippen molar-refractivity contribution in [3.05, 3.63) is 16.3 Å². The van der Waals surface area contributed by atoms with E-state index in [-0.39, 0.29) is 0 Å².